The molecule has 2 nitrogen and oxygen atoms in total. The smallest absolute Gasteiger partial charge is 0.309 e. The lowest BCUT2D eigenvalue weighted by Gasteiger charge is -2.33. The van der Waals surface area contributed by atoms with Gasteiger partial charge in [0.25, 0.3) is 0 Å². The lowest BCUT2D eigenvalue weighted by molar-refractivity contribution is -0.164. The number of ether oxygens (including phenoxy) is 1. The Morgan fingerprint density at radius 2 is 1.77 bits per heavy atom. The van der Waals surface area contributed by atoms with Crippen LogP contribution in [0.5, 0.6) is 0 Å². The Morgan fingerprint density at radius 3 is 2.32 bits per heavy atom. The molecule has 22 heavy (non-hydrogen) atoms. The van der Waals surface area contributed by atoms with Gasteiger partial charge in [0.05, 0.1) is 5.92 Å². The fraction of sp³-hybridized carbons (Fsp3) is 0.650. The van der Waals surface area contributed by atoms with Gasteiger partial charge in [-0.1, -0.05) is 50.6 Å². The van der Waals surface area contributed by atoms with Crippen LogP contribution in [-0.2, 0) is 15.1 Å². The topological polar surface area (TPSA) is 26.3 Å². The molecular weight excluding hydrogens is 272 g/mol. The van der Waals surface area contributed by atoms with E-state index in [-0.39, 0.29) is 11.9 Å². The molecule has 1 saturated carbocycles. The van der Waals surface area contributed by atoms with Crippen LogP contribution in [0.15, 0.2) is 30.3 Å². The van der Waals surface area contributed by atoms with Crippen LogP contribution in [0.3, 0.4) is 0 Å². The van der Waals surface area contributed by atoms with E-state index in [1.807, 2.05) is 44.2 Å². The van der Waals surface area contributed by atoms with Crippen molar-refractivity contribution in [3.8, 4) is 0 Å². The molecule has 0 spiro atoms. The van der Waals surface area contributed by atoms with Crippen molar-refractivity contribution < 1.29 is 9.53 Å². The second-order valence-electron chi connectivity index (χ2n) is 7.29. The van der Waals surface area contributed by atoms with Gasteiger partial charge in [0.2, 0.25) is 0 Å². The maximum atomic E-state index is 12.5. The first-order valence-corrected chi connectivity index (χ1v) is 8.72. The molecule has 2 rings (SSSR count). The highest BCUT2D eigenvalue weighted by Gasteiger charge is 2.33. The van der Waals surface area contributed by atoms with Gasteiger partial charge in [0.15, 0.2) is 0 Å². The molecule has 0 heterocycles. The summed E-state index contributed by atoms with van der Waals surface area (Å²) >= 11 is 0. The average Bonchev–Trinajstić information content (AvgIpc) is 2.54. The molecule has 1 aromatic carbocycles. The monoisotopic (exact) mass is 302 g/mol. The molecule has 1 aliphatic carbocycles. The van der Waals surface area contributed by atoms with Crippen molar-refractivity contribution >= 4 is 5.97 Å². The maximum Gasteiger partial charge on any atom is 0.309 e. The second kappa shape index (κ2) is 7.30. The number of rotatable bonds is 5. The first-order valence-electron chi connectivity index (χ1n) is 8.72. The zero-order valence-electron chi connectivity index (χ0n) is 14.5. The van der Waals surface area contributed by atoms with Crippen LogP contribution in [0.1, 0.15) is 65.4 Å². The van der Waals surface area contributed by atoms with Crippen molar-refractivity contribution in [3.63, 3.8) is 0 Å². The molecule has 1 fully saturated rings. The van der Waals surface area contributed by atoms with Gasteiger partial charge in [-0.3, -0.25) is 4.79 Å². The van der Waals surface area contributed by atoms with Gasteiger partial charge in [-0.05, 0) is 56.9 Å². The zero-order chi connectivity index (χ0) is 16.2. The van der Waals surface area contributed by atoms with Gasteiger partial charge in [-0.15, -0.1) is 0 Å². The van der Waals surface area contributed by atoms with E-state index in [4.69, 9.17) is 4.74 Å². The Balaban J connectivity index is 1.91. The SMILES string of the molecule is CCC(C)C1CCC(C(=O)OC(C)(C)c2ccccc2)CC1. The standard InChI is InChI=1S/C20H30O2/c1-5-15(2)16-11-13-17(14-12-16)19(21)22-20(3,4)18-9-7-6-8-10-18/h6-10,15-17H,5,11-14H2,1-4H3. The number of esters is 1. The molecule has 0 aliphatic heterocycles. The lowest BCUT2D eigenvalue weighted by atomic mass is 9.75. The summed E-state index contributed by atoms with van der Waals surface area (Å²) in [5, 5.41) is 0. The van der Waals surface area contributed by atoms with Gasteiger partial charge >= 0.3 is 5.97 Å². The number of carbonyl (C=O) groups is 1. The second-order valence-corrected chi connectivity index (χ2v) is 7.29. The minimum absolute atomic E-state index is 0.0172. The number of hydrogen-bond donors (Lipinski definition) is 0. The van der Waals surface area contributed by atoms with E-state index in [1.165, 1.54) is 19.3 Å². The first kappa shape index (κ1) is 17.1. The average molecular weight is 302 g/mol. The van der Waals surface area contributed by atoms with E-state index in [2.05, 4.69) is 13.8 Å². The summed E-state index contributed by atoms with van der Waals surface area (Å²) in [7, 11) is 0. The molecule has 1 atom stereocenters. The van der Waals surface area contributed by atoms with E-state index in [1.54, 1.807) is 0 Å². The van der Waals surface area contributed by atoms with Crippen molar-refractivity contribution in [2.24, 2.45) is 17.8 Å². The molecule has 122 valence electrons. The van der Waals surface area contributed by atoms with Crippen LogP contribution >= 0.6 is 0 Å². The third-order valence-corrected chi connectivity index (χ3v) is 5.38. The van der Waals surface area contributed by atoms with Crippen molar-refractivity contribution in [2.75, 3.05) is 0 Å². The van der Waals surface area contributed by atoms with Gasteiger partial charge in [0.1, 0.15) is 5.60 Å². The highest BCUT2D eigenvalue weighted by molar-refractivity contribution is 5.73. The van der Waals surface area contributed by atoms with E-state index < -0.39 is 5.60 Å². The highest BCUT2D eigenvalue weighted by Crippen LogP contribution is 2.36. The maximum absolute atomic E-state index is 12.5. The molecule has 0 aromatic heterocycles. The van der Waals surface area contributed by atoms with E-state index in [9.17, 15) is 4.79 Å². The number of hydrogen-bond acceptors (Lipinski definition) is 2. The Labute approximate surface area is 135 Å². The Kier molecular flexibility index (Phi) is 5.66. The summed E-state index contributed by atoms with van der Waals surface area (Å²) in [5.74, 6) is 1.63. The van der Waals surface area contributed by atoms with E-state index >= 15 is 0 Å². The van der Waals surface area contributed by atoms with Crippen molar-refractivity contribution in [3.05, 3.63) is 35.9 Å². The Bertz CT molecular complexity index is 470. The van der Waals surface area contributed by atoms with Crippen LogP contribution < -0.4 is 0 Å². The summed E-state index contributed by atoms with van der Waals surface area (Å²) in [6, 6.07) is 10.0. The molecule has 2 heteroatoms. The van der Waals surface area contributed by atoms with E-state index in [0.717, 1.165) is 30.2 Å². The lowest BCUT2D eigenvalue weighted by Crippen LogP contribution is -2.32. The third kappa shape index (κ3) is 4.12. The van der Waals surface area contributed by atoms with Gasteiger partial charge < -0.3 is 4.74 Å². The fourth-order valence-electron chi connectivity index (χ4n) is 3.49. The van der Waals surface area contributed by atoms with Crippen LogP contribution in [0.25, 0.3) is 0 Å². The molecule has 0 amide bonds. The fourth-order valence-corrected chi connectivity index (χ4v) is 3.49. The third-order valence-electron chi connectivity index (χ3n) is 5.38. The largest absolute Gasteiger partial charge is 0.455 e. The normalized spacial score (nSPS) is 23.8. The molecule has 1 aromatic rings. The van der Waals surface area contributed by atoms with Crippen molar-refractivity contribution in [2.45, 2.75) is 65.4 Å². The summed E-state index contributed by atoms with van der Waals surface area (Å²) in [5.41, 5.74) is 0.503. The highest BCUT2D eigenvalue weighted by atomic mass is 16.6. The van der Waals surface area contributed by atoms with Crippen molar-refractivity contribution in [1.82, 2.24) is 0 Å². The van der Waals surface area contributed by atoms with Crippen LogP contribution in [0.2, 0.25) is 0 Å². The Morgan fingerprint density at radius 1 is 1.18 bits per heavy atom. The van der Waals surface area contributed by atoms with E-state index in [0.29, 0.717) is 0 Å². The summed E-state index contributed by atoms with van der Waals surface area (Å²) in [6.07, 6.45) is 5.54. The molecule has 0 radical (unpaired) electrons. The number of benzene rings is 1. The quantitative estimate of drug-likeness (QED) is 0.688. The Hall–Kier alpha value is -1.31. The van der Waals surface area contributed by atoms with Gasteiger partial charge in [-0.2, -0.15) is 0 Å². The molecule has 0 N–H and O–H groups in total. The van der Waals surface area contributed by atoms with Gasteiger partial charge in [-0.25, -0.2) is 0 Å². The van der Waals surface area contributed by atoms with Crippen LogP contribution in [0, 0.1) is 17.8 Å². The summed E-state index contributed by atoms with van der Waals surface area (Å²) < 4.78 is 5.85. The minimum atomic E-state index is -0.550. The first-order chi connectivity index (χ1) is 10.4. The van der Waals surface area contributed by atoms with Crippen molar-refractivity contribution in [1.29, 1.82) is 0 Å². The summed E-state index contributed by atoms with van der Waals surface area (Å²) in [4.78, 5) is 12.5. The zero-order valence-corrected chi connectivity index (χ0v) is 14.5. The molecule has 1 unspecified atom stereocenters. The molecular formula is C20H30O2. The summed E-state index contributed by atoms with van der Waals surface area (Å²) in [6.45, 7) is 8.55. The predicted octanol–water partition coefficient (Wildman–Crippen LogP) is 5.32. The minimum Gasteiger partial charge on any atom is -0.455 e. The molecule has 0 saturated heterocycles. The van der Waals surface area contributed by atoms with Gasteiger partial charge in [0, 0.05) is 0 Å². The predicted molar refractivity (Wildman–Crippen MR) is 90.5 cm³/mol. The number of carbonyl (C=O) groups excluding carboxylic acids is 1. The van der Waals surface area contributed by atoms with Crippen LogP contribution in [0.4, 0.5) is 0 Å². The molecule has 0 bridgehead atoms. The van der Waals surface area contributed by atoms with Crippen LogP contribution in [-0.4, -0.2) is 5.97 Å². The molecule has 1 aliphatic rings.